The Morgan fingerprint density at radius 2 is 1.62 bits per heavy atom. The van der Waals surface area contributed by atoms with Crippen molar-refractivity contribution < 1.29 is 0 Å². The van der Waals surface area contributed by atoms with Gasteiger partial charge in [-0.1, -0.05) is 64.7 Å². The highest BCUT2D eigenvalue weighted by Gasteiger charge is 2.11. The lowest BCUT2D eigenvalue weighted by atomic mass is 10.1. The van der Waals surface area contributed by atoms with Crippen molar-refractivity contribution >= 4 is 5.82 Å². The molecule has 0 aromatic rings. The van der Waals surface area contributed by atoms with Gasteiger partial charge in [-0.2, -0.15) is 4.98 Å². The van der Waals surface area contributed by atoms with Crippen LogP contribution in [0.3, 0.4) is 0 Å². The van der Waals surface area contributed by atoms with Gasteiger partial charge in [0.15, 0.2) is 0 Å². The fourth-order valence-electron chi connectivity index (χ4n) is 3.22. The number of unbranched alkanes of at least 4 members (excludes halogenated alkanes) is 9. The number of nitrogen functional groups attached to an aromatic ring is 1. The van der Waals surface area contributed by atoms with Gasteiger partial charge in [-0.25, -0.2) is 0 Å². The first-order valence-corrected chi connectivity index (χ1v) is 9.48. The molecule has 0 aromatic carbocycles. The Kier molecular flexibility index (Phi) is 7.80. The average Bonchev–Trinajstić information content (AvgIpc) is 2.57. The van der Waals surface area contributed by atoms with Gasteiger partial charge >= 0.3 is 0 Å². The maximum atomic E-state index is 11.9. The normalized spacial score (nSPS) is 11.2. The molecule has 2 aliphatic rings. The SMILES string of the molecule is CCCCCCCCCCCCn1cccc2c(=O)nc(N)cc1-2. The van der Waals surface area contributed by atoms with Crippen LogP contribution in [0.1, 0.15) is 71.1 Å². The molecule has 4 nitrogen and oxygen atoms in total. The molecular weight excluding hydrogens is 298 g/mol. The summed E-state index contributed by atoms with van der Waals surface area (Å²) in [4.78, 5) is 15.7. The van der Waals surface area contributed by atoms with E-state index in [4.69, 9.17) is 5.73 Å². The van der Waals surface area contributed by atoms with E-state index < -0.39 is 0 Å². The van der Waals surface area contributed by atoms with Crippen molar-refractivity contribution in [2.45, 2.75) is 77.7 Å². The van der Waals surface area contributed by atoms with Gasteiger partial charge in [0.25, 0.3) is 5.56 Å². The molecule has 0 fully saturated rings. The van der Waals surface area contributed by atoms with Gasteiger partial charge in [-0.3, -0.25) is 4.79 Å². The van der Waals surface area contributed by atoms with Crippen molar-refractivity contribution in [1.82, 2.24) is 9.55 Å². The summed E-state index contributed by atoms with van der Waals surface area (Å²) >= 11 is 0. The number of nitrogens with zero attached hydrogens (tertiary/aromatic N) is 2. The minimum absolute atomic E-state index is 0.234. The third-order valence-corrected chi connectivity index (χ3v) is 4.61. The molecule has 2 rings (SSSR count). The molecule has 0 spiro atoms. The number of hydrogen-bond donors (Lipinski definition) is 1. The number of fused-ring (bicyclic) bond motifs is 1. The zero-order valence-corrected chi connectivity index (χ0v) is 15.0. The standard InChI is InChI=1S/C20H31N3O/c1-2-3-4-5-6-7-8-9-10-11-14-23-15-12-13-17-18(23)16-19(21)22-20(17)24/h12-13,15-16H,2-11,14H2,1H3,(H2,21,22,24). The summed E-state index contributed by atoms with van der Waals surface area (Å²) < 4.78 is 2.12. The Bertz CT molecular complexity index is 635. The summed E-state index contributed by atoms with van der Waals surface area (Å²) in [5.41, 5.74) is 7.03. The zero-order chi connectivity index (χ0) is 17.2. The summed E-state index contributed by atoms with van der Waals surface area (Å²) in [6.45, 7) is 3.19. The van der Waals surface area contributed by atoms with Gasteiger partial charge in [-0.15, -0.1) is 0 Å². The lowest BCUT2D eigenvalue weighted by Gasteiger charge is -2.14. The minimum Gasteiger partial charge on any atom is -0.384 e. The third-order valence-electron chi connectivity index (χ3n) is 4.61. The quantitative estimate of drug-likeness (QED) is 0.599. The predicted octanol–water partition coefficient (Wildman–Crippen LogP) is 4.85. The number of aromatic nitrogens is 2. The van der Waals surface area contributed by atoms with Crippen molar-refractivity contribution in [3.63, 3.8) is 0 Å². The molecule has 0 radical (unpaired) electrons. The molecule has 0 saturated heterocycles. The largest absolute Gasteiger partial charge is 0.384 e. The fourth-order valence-corrected chi connectivity index (χ4v) is 3.22. The molecule has 0 amide bonds. The van der Waals surface area contributed by atoms with E-state index in [-0.39, 0.29) is 5.56 Å². The lowest BCUT2D eigenvalue weighted by molar-refractivity contribution is 0.535. The molecule has 0 bridgehead atoms. The van der Waals surface area contributed by atoms with E-state index in [1.54, 1.807) is 6.07 Å². The minimum atomic E-state index is -0.234. The van der Waals surface area contributed by atoms with Gasteiger partial charge in [-0.05, 0) is 18.6 Å². The summed E-state index contributed by atoms with van der Waals surface area (Å²) in [6.07, 6.45) is 15.3. The average molecular weight is 329 g/mol. The van der Waals surface area contributed by atoms with Crippen molar-refractivity contribution in [3.05, 3.63) is 34.7 Å². The maximum absolute atomic E-state index is 11.9. The van der Waals surface area contributed by atoms with E-state index in [2.05, 4.69) is 16.5 Å². The molecule has 2 heterocycles. The van der Waals surface area contributed by atoms with Gasteiger partial charge < -0.3 is 10.3 Å². The first-order chi connectivity index (χ1) is 11.7. The molecular formula is C20H31N3O. The Hall–Kier alpha value is -1.84. The molecule has 0 atom stereocenters. The highest BCUT2D eigenvalue weighted by atomic mass is 16.1. The smallest absolute Gasteiger partial charge is 0.281 e. The van der Waals surface area contributed by atoms with E-state index in [9.17, 15) is 4.79 Å². The first-order valence-electron chi connectivity index (χ1n) is 9.48. The van der Waals surface area contributed by atoms with Gasteiger partial charge in [0.2, 0.25) is 0 Å². The summed E-state index contributed by atoms with van der Waals surface area (Å²) in [6, 6.07) is 5.53. The molecule has 132 valence electrons. The molecule has 24 heavy (non-hydrogen) atoms. The third kappa shape index (κ3) is 5.66. The maximum Gasteiger partial charge on any atom is 0.281 e. The molecule has 2 aliphatic heterocycles. The van der Waals surface area contributed by atoms with E-state index in [0.717, 1.165) is 18.7 Å². The fraction of sp³-hybridized carbons (Fsp3) is 0.600. The van der Waals surface area contributed by atoms with Crippen molar-refractivity contribution in [1.29, 1.82) is 0 Å². The number of anilines is 1. The summed E-state index contributed by atoms with van der Waals surface area (Å²) in [7, 11) is 0. The number of hydrogen-bond acceptors (Lipinski definition) is 3. The number of pyridine rings is 2. The monoisotopic (exact) mass is 329 g/mol. The molecule has 4 heteroatoms. The van der Waals surface area contributed by atoms with Crippen LogP contribution in [0.2, 0.25) is 0 Å². The van der Waals surface area contributed by atoms with Crippen LogP contribution in [0.15, 0.2) is 29.2 Å². The second-order valence-electron chi connectivity index (χ2n) is 6.67. The Balaban J connectivity index is 1.70. The number of nitrogens with two attached hydrogens (primary N) is 1. The van der Waals surface area contributed by atoms with Gasteiger partial charge in [0.05, 0.1) is 11.3 Å². The highest BCUT2D eigenvalue weighted by molar-refractivity contribution is 5.63. The number of aryl methyl sites for hydroxylation is 1. The molecule has 0 saturated carbocycles. The zero-order valence-electron chi connectivity index (χ0n) is 15.0. The van der Waals surface area contributed by atoms with E-state index >= 15 is 0 Å². The van der Waals surface area contributed by atoms with Crippen LogP contribution < -0.4 is 11.3 Å². The van der Waals surface area contributed by atoms with E-state index in [1.807, 2.05) is 18.3 Å². The summed E-state index contributed by atoms with van der Waals surface area (Å²) in [5, 5.41) is 0. The molecule has 0 aromatic heterocycles. The Labute approximate surface area is 145 Å². The van der Waals surface area contributed by atoms with Crippen LogP contribution in [-0.4, -0.2) is 9.55 Å². The van der Waals surface area contributed by atoms with Crippen LogP contribution in [0.25, 0.3) is 11.3 Å². The van der Waals surface area contributed by atoms with Crippen molar-refractivity contribution in [3.8, 4) is 11.3 Å². The van der Waals surface area contributed by atoms with Crippen LogP contribution in [0.5, 0.6) is 0 Å². The van der Waals surface area contributed by atoms with Crippen LogP contribution in [0.4, 0.5) is 5.82 Å². The Morgan fingerprint density at radius 3 is 2.29 bits per heavy atom. The topological polar surface area (TPSA) is 60.9 Å². The second-order valence-corrected chi connectivity index (χ2v) is 6.67. The van der Waals surface area contributed by atoms with Gasteiger partial charge in [0.1, 0.15) is 5.82 Å². The second kappa shape index (κ2) is 10.1. The van der Waals surface area contributed by atoms with E-state index in [1.165, 1.54) is 57.8 Å². The number of rotatable bonds is 11. The lowest BCUT2D eigenvalue weighted by Crippen LogP contribution is -2.16. The molecule has 0 aliphatic carbocycles. The molecule has 0 unspecified atom stereocenters. The van der Waals surface area contributed by atoms with Gasteiger partial charge in [0, 0.05) is 18.8 Å². The van der Waals surface area contributed by atoms with Crippen molar-refractivity contribution in [2.75, 3.05) is 5.73 Å². The Morgan fingerprint density at radius 1 is 1.00 bits per heavy atom. The first kappa shape index (κ1) is 18.5. The highest BCUT2D eigenvalue weighted by Crippen LogP contribution is 2.19. The van der Waals surface area contributed by atoms with Crippen LogP contribution in [-0.2, 0) is 6.54 Å². The summed E-state index contributed by atoms with van der Waals surface area (Å²) in [5.74, 6) is 0.301. The van der Waals surface area contributed by atoms with E-state index in [0.29, 0.717) is 11.4 Å². The predicted molar refractivity (Wildman–Crippen MR) is 101 cm³/mol. The van der Waals surface area contributed by atoms with Crippen LogP contribution in [0, 0.1) is 0 Å². The van der Waals surface area contributed by atoms with Crippen molar-refractivity contribution in [2.24, 2.45) is 0 Å². The molecule has 2 N–H and O–H groups in total. The van der Waals surface area contributed by atoms with Crippen LogP contribution >= 0.6 is 0 Å².